The second kappa shape index (κ2) is 12.8. The van der Waals surface area contributed by atoms with Gasteiger partial charge < -0.3 is 0 Å². The predicted octanol–water partition coefficient (Wildman–Crippen LogP) is 9.29. The van der Waals surface area contributed by atoms with Crippen LogP contribution in [-0.2, 0) is 8.56 Å². The maximum atomic E-state index is 13.6. The van der Waals surface area contributed by atoms with E-state index >= 15 is 0 Å². The van der Waals surface area contributed by atoms with Gasteiger partial charge >= 0.3 is 283 Å². The van der Waals surface area contributed by atoms with Gasteiger partial charge in [-0.2, -0.15) is 0 Å². The Labute approximate surface area is 280 Å². The molecule has 0 saturated carbocycles. The summed E-state index contributed by atoms with van der Waals surface area (Å²) in [5.41, 5.74) is 0.780. The van der Waals surface area contributed by atoms with Crippen LogP contribution in [-0.4, -0.2) is 40.7 Å². The Morgan fingerprint density at radius 3 is 1.05 bits per heavy atom. The van der Waals surface area contributed by atoms with Gasteiger partial charge in [0.15, 0.2) is 0 Å². The third-order valence-corrected chi connectivity index (χ3v) is 11.8. The molecule has 6 rings (SSSR count). The Morgan fingerprint density at radius 1 is 0.442 bits per heavy atom. The number of carbonyl (C=O) groups excluding carboxylic acids is 3. The fraction of sp³-hybridized carbons (Fsp3) is 0. The molecule has 0 aliphatic rings. The third kappa shape index (κ3) is 6.52. The number of halogens is 3. The molecule has 0 N–H and O–H groups in total. The van der Waals surface area contributed by atoms with Crippen molar-refractivity contribution in [1.29, 1.82) is 0 Å². The first-order chi connectivity index (χ1) is 20.8. The van der Waals surface area contributed by atoms with Crippen LogP contribution in [0, 0.1) is 0 Å². The van der Waals surface area contributed by atoms with E-state index in [2.05, 4.69) is 47.8 Å². The van der Waals surface area contributed by atoms with E-state index in [4.69, 9.17) is 8.56 Å². The third-order valence-electron chi connectivity index (χ3n) is 6.80. The molecule has 0 saturated heterocycles. The van der Waals surface area contributed by atoms with E-state index in [1.54, 1.807) is 54.6 Å². The van der Waals surface area contributed by atoms with Gasteiger partial charge in [0.25, 0.3) is 0 Å². The molecule has 210 valence electrons. The summed E-state index contributed by atoms with van der Waals surface area (Å²) in [5.74, 6) is -2.23. The molecule has 6 aromatic carbocycles. The van der Waals surface area contributed by atoms with Crippen LogP contribution in [0.2, 0.25) is 0 Å². The van der Waals surface area contributed by atoms with Crippen molar-refractivity contribution in [3.63, 3.8) is 0 Å². The van der Waals surface area contributed by atoms with Gasteiger partial charge in [-0.15, -0.1) is 0 Å². The Morgan fingerprint density at radius 2 is 0.744 bits per heavy atom. The molecule has 0 aliphatic heterocycles. The average Bonchev–Trinajstić information content (AvgIpc) is 2.99. The van der Waals surface area contributed by atoms with E-state index in [0.29, 0.717) is 16.2 Å². The number of rotatable bonds is 6. The number of benzene rings is 6. The van der Waals surface area contributed by atoms with E-state index in [0.717, 1.165) is 29.6 Å². The van der Waals surface area contributed by atoms with E-state index in [1.807, 2.05) is 54.6 Å². The van der Waals surface area contributed by atoms with Crippen LogP contribution in [0.3, 0.4) is 0 Å². The van der Waals surface area contributed by atoms with E-state index in [1.165, 1.54) is 0 Å². The molecule has 0 fully saturated rings. The summed E-state index contributed by atoms with van der Waals surface area (Å²) in [6.45, 7) is 0. The topological polar surface area (TPSA) is 78.9 Å². The monoisotopic (exact) mass is 862 g/mol. The zero-order valence-electron chi connectivity index (χ0n) is 22.1. The van der Waals surface area contributed by atoms with Gasteiger partial charge in [-0.05, 0) is 0 Å². The molecule has 0 radical (unpaired) electrons. The quantitative estimate of drug-likeness (QED) is 0.166. The number of fused-ring (bicyclic) bond motifs is 3. The summed E-state index contributed by atoms with van der Waals surface area (Å²) >= 11 is 5.65. The van der Waals surface area contributed by atoms with Crippen LogP contribution >= 0.6 is 47.8 Å². The van der Waals surface area contributed by atoms with E-state index < -0.39 is 40.7 Å². The van der Waals surface area contributed by atoms with Crippen molar-refractivity contribution in [2.24, 2.45) is 0 Å². The Kier molecular flexibility index (Phi) is 8.90. The summed E-state index contributed by atoms with van der Waals surface area (Å²) in [7, 11) is 0. The van der Waals surface area contributed by atoms with Crippen molar-refractivity contribution in [1.82, 2.24) is 0 Å². The molecule has 0 aromatic heterocycles. The SMILES string of the molecule is O=C([O][In]([O]C(=O)c1cccc2ccc(Br)cc12)[O]C(=O)c1cccc2ccc(Br)cc12)c1cccc2ccc(Br)cc12. The summed E-state index contributed by atoms with van der Waals surface area (Å²) < 4.78 is 19.7. The second-order valence-corrected chi connectivity index (χ2v) is 15.9. The van der Waals surface area contributed by atoms with Gasteiger partial charge in [-0.1, -0.05) is 0 Å². The summed E-state index contributed by atoms with van der Waals surface area (Å²) in [4.78, 5) is 40.7. The van der Waals surface area contributed by atoms with Crippen LogP contribution in [0.15, 0.2) is 123 Å². The Balaban J connectivity index is 1.36. The molecule has 0 bridgehead atoms. The van der Waals surface area contributed by atoms with E-state index in [-0.39, 0.29) is 16.7 Å². The van der Waals surface area contributed by atoms with Crippen LogP contribution in [0.4, 0.5) is 0 Å². The second-order valence-electron chi connectivity index (χ2n) is 9.52. The minimum absolute atomic E-state index is 0.260. The van der Waals surface area contributed by atoms with Gasteiger partial charge in [0.05, 0.1) is 0 Å². The summed E-state index contributed by atoms with van der Waals surface area (Å²) in [6, 6.07) is 32.3. The Bertz CT molecular complexity index is 1840. The van der Waals surface area contributed by atoms with Crippen molar-refractivity contribution in [2.75, 3.05) is 0 Å². The molecule has 0 aliphatic carbocycles. The van der Waals surface area contributed by atoms with Crippen molar-refractivity contribution in [3.8, 4) is 0 Å². The van der Waals surface area contributed by atoms with Crippen molar-refractivity contribution >= 4 is 121 Å². The van der Waals surface area contributed by atoms with Gasteiger partial charge in [0.1, 0.15) is 0 Å². The average molecular weight is 865 g/mol. The molecule has 10 heteroatoms. The van der Waals surface area contributed by atoms with Crippen molar-refractivity contribution in [3.05, 3.63) is 139 Å². The first-order valence-corrected chi connectivity index (χ1v) is 19.4. The molecule has 0 amide bonds. The van der Waals surface area contributed by atoms with Crippen LogP contribution < -0.4 is 0 Å². The fourth-order valence-corrected chi connectivity index (χ4v) is 8.87. The molecule has 0 atom stereocenters. The Hall–Kier alpha value is -3.18. The van der Waals surface area contributed by atoms with Gasteiger partial charge in [0, 0.05) is 0 Å². The predicted molar refractivity (Wildman–Crippen MR) is 177 cm³/mol. The zero-order chi connectivity index (χ0) is 30.1. The van der Waals surface area contributed by atoms with Gasteiger partial charge in [0.2, 0.25) is 0 Å². The standard InChI is InChI=1S/3C11H7BrO2.In/c3*12-8-5-4-7-2-1-3-9(11(13)14)10(7)6-8;/h3*1-6H,(H,13,14);/q;;;+3/p-3. The fourth-order valence-electron chi connectivity index (χ4n) is 4.79. The molecule has 0 heterocycles. The molecule has 43 heavy (non-hydrogen) atoms. The number of hydrogen-bond acceptors (Lipinski definition) is 6. The first-order valence-electron chi connectivity index (χ1n) is 12.9. The normalized spacial score (nSPS) is 11.0. The number of carbonyl (C=O) groups is 3. The maximum absolute atomic E-state index is 13.6. The van der Waals surface area contributed by atoms with Crippen LogP contribution in [0.1, 0.15) is 31.1 Å². The first kappa shape index (κ1) is 29.9. The van der Waals surface area contributed by atoms with Crippen LogP contribution in [0.25, 0.3) is 32.3 Å². The number of hydrogen-bond donors (Lipinski definition) is 0. The molecule has 0 spiro atoms. The van der Waals surface area contributed by atoms with Crippen molar-refractivity contribution in [2.45, 2.75) is 0 Å². The molecule has 6 nitrogen and oxygen atoms in total. The van der Waals surface area contributed by atoms with E-state index in [9.17, 15) is 14.4 Å². The van der Waals surface area contributed by atoms with Crippen LogP contribution in [0.5, 0.6) is 0 Å². The molecule has 6 aromatic rings. The van der Waals surface area contributed by atoms with Crippen molar-refractivity contribution < 1.29 is 22.9 Å². The van der Waals surface area contributed by atoms with Gasteiger partial charge in [-0.25, -0.2) is 0 Å². The summed E-state index contributed by atoms with van der Waals surface area (Å²) in [5, 5.41) is 4.38. The molecule has 0 unspecified atom stereocenters. The molecular formula is C33H18Br3InO6. The van der Waals surface area contributed by atoms with Gasteiger partial charge in [-0.3, -0.25) is 0 Å². The molecular weight excluding hydrogens is 847 g/mol. The summed E-state index contributed by atoms with van der Waals surface area (Å²) in [6.07, 6.45) is 0. The minimum atomic E-state index is -4.70. The zero-order valence-corrected chi connectivity index (χ0v) is 30.1.